The maximum atomic E-state index is 13.6. The van der Waals surface area contributed by atoms with E-state index in [-0.39, 0.29) is 11.6 Å². The summed E-state index contributed by atoms with van der Waals surface area (Å²) in [7, 11) is 0. The van der Waals surface area contributed by atoms with E-state index >= 15 is 0 Å². The molecule has 1 saturated carbocycles. The van der Waals surface area contributed by atoms with E-state index in [1.165, 1.54) is 61.8 Å². The van der Waals surface area contributed by atoms with Gasteiger partial charge in [-0.3, -0.25) is 0 Å². The van der Waals surface area contributed by atoms with E-state index in [0.717, 1.165) is 24.3 Å². The van der Waals surface area contributed by atoms with Crippen molar-refractivity contribution < 1.29 is 17.6 Å². The molecule has 3 rings (SSSR count). The zero-order chi connectivity index (χ0) is 21.6. The van der Waals surface area contributed by atoms with Gasteiger partial charge in [0.2, 0.25) is 0 Å². The van der Waals surface area contributed by atoms with Crippen LogP contribution in [-0.4, -0.2) is 6.18 Å². The van der Waals surface area contributed by atoms with Gasteiger partial charge in [-0.2, -0.15) is 13.2 Å². The van der Waals surface area contributed by atoms with Crippen molar-refractivity contribution in [2.75, 3.05) is 0 Å². The molecule has 0 heterocycles. The lowest BCUT2D eigenvalue weighted by atomic mass is 9.77. The standard InChI is InChI=1S/C26H30F4/c1-2-3-19-6-12-22(13-7-19)23-14-8-20(9-15-23)4-5-21-10-16-24(17-11-21)25(27)18-26(28,29)30/h8-11,14-19,22H,2-7,12-13H2,1H3. The molecule has 0 radical (unpaired) electrons. The highest BCUT2D eigenvalue weighted by molar-refractivity contribution is 5.59. The highest BCUT2D eigenvalue weighted by atomic mass is 19.4. The minimum absolute atomic E-state index is 0.0471. The molecule has 0 aliphatic heterocycles. The van der Waals surface area contributed by atoms with E-state index in [0.29, 0.717) is 5.92 Å². The topological polar surface area (TPSA) is 0 Å². The fraction of sp³-hybridized carbons (Fsp3) is 0.462. The van der Waals surface area contributed by atoms with Gasteiger partial charge in [0.25, 0.3) is 0 Å². The van der Waals surface area contributed by atoms with Crippen LogP contribution < -0.4 is 0 Å². The lowest BCUT2D eigenvalue weighted by Gasteiger charge is -2.28. The number of hydrogen-bond donors (Lipinski definition) is 0. The Hall–Kier alpha value is -2.10. The van der Waals surface area contributed by atoms with Crippen LogP contribution in [0.4, 0.5) is 17.6 Å². The van der Waals surface area contributed by atoms with Crippen LogP contribution in [0.2, 0.25) is 0 Å². The molecule has 1 aliphatic carbocycles. The summed E-state index contributed by atoms with van der Waals surface area (Å²) in [5.74, 6) is 0.335. The fourth-order valence-corrected chi connectivity index (χ4v) is 4.50. The Morgan fingerprint density at radius 2 is 1.40 bits per heavy atom. The van der Waals surface area contributed by atoms with Crippen molar-refractivity contribution in [3.8, 4) is 0 Å². The summed E-state index contributed by atoms with van der Waals surface area (Å²) in [6.45, 7) is 2.27. The number of allylic oxidation sites excluding steroid dienone is 1. The smallest absolute Gasteiger partial charge is 0.206 e. The molecule has 4 heteroatoms. The second-order valence-corrected chi connectivity index (χ2v) is 8.48. The quantitative estimate of drug-likeness (QED) is 0.396. The monoisotopic (exact) mass is 418 g/mol. The van der Waals surface area contributed by atoms with Gasteiger partial charge < -0.3 is 0 Å². The van der Waals surface area contributed by atoms with Gasteiger partial charge in [-0.25, -0.2) is 4.39 Å². The zero-order valence-electron chi connectivity index (χ0n) is 17.5. The van der Waals surface area contributed by atoms with Crippen molar-refractivity contribution >= 4 is 5.83 Å². The van der Waals surface area contributed by atoms with Gasteiger partial charge in [-0.1, -0.05) is 68.3 Å². The highest BCUT2D eigenvalue weighted by Crippen LogP contribution is 2.37. The Labute approximate surface area is 177 Å². The van der Waals surface area contributed by atoms with Crippen molar-refractivity contribution in [2.24, 2.45) is 5.92 Å². The van der Waals surface area contributed by atoms with Crippen LogP contribution in [-0.2, 0) is 12.8 Å². The lowest BCUT2D eigenvalue weighted by Crippen LogP contribution is -2.13. The predicted molar refractivity (Wildman–Crippen MR) is 115 cm³/mol. The van der Waals surface area contributed by atoms with Gasteiger partial charge in [-0.05, 0) is 67.1 Å². The molecule has 0 N–H and O–H groups in total. The molecule has 1 fully saturated rings. The lowest BCUT2D eigenvalue weighted by molar-refractivity contribution is -0.0798. The molecule has 0 unspecified atom stereocenters. The van der Waals surface area contributed by atoms with E-state index in [2.05, 4.69) is 31.2 Å². The molecule has 0 bridgehead atoms. The van der Waals surface area contributed by atoms with Crippen LogP contribution in [0.1, 0.15) is 73.6 Å². The van der Waals surface area contributed by atoms with Gasteiger partial charge in [0, 0.05) is 5.56 Å². The number of alkyl halides is 3. The summed E-state index contributed by atoms with van der Waals surface area (Å²) in [5.41, 5.74) is 3.61. The average Bonchev–Trinajstić information content (AvgIpc) is 2.73. The molecule has 0 nitrogen and oxygen atoms in total. The molecule has 0 atom stereocenters. The Balaban J connectivity index is 1.51. The summed E-state index contributed by atoms with van der Waals surface area (Å²) in [6, 6.07) is 15.1. The third-order valence-electron chi connectivity index (χ3n) is 6.22. The maximum absolute atomic E-state index is 13.6. The first-order chi connectivity index (χ1) is 14.3. The summed E-state index contributed by atoms with van der Waals surface area (Å²) in [6.07, 6.45) is 4.57. The van der Waals surface area contributed by atoms with E-state index in [1.54, 1.807) is 12.1 Å². The summed E-state index contributed by atoms with van der Waals surface area (Å²) in [4.78, 5) is 0. The molecule has 0 aromatic heterocycles. The van der Waals surface area contributed by atoms with E-state index in [1.807, 2.05) is 0 Å². The van der Waals surface area contributed by atoms with Crippen molar-refractivity contribution in [1.82, 2.24) is 0 Å². The second-order valence-electron chi connectivity index (χ2n) is 8.48. The molecule has 162 valence electrons. The Kier molecular flexibility index (Phi) is 7.74. The zero-order valence-corrected chi connectivity index (χ0v) is 17.5. The molecule has 30 heavy (non-hydrogen) atoms. The first-order valence-electron chi connectivity index (χ1n) is 11.0. The van der Waals surface area contributed by atoms with E-state index in [9.17, 15) is 17.6 Å². The molecule has 2 aromatic rings. The van der Waals surface area contributed by atoms with Crippen LogP contribution in [0.25, 0.3) is 5.83 Å². The van der Waals surface area contributed by atoms with Crippen LogP contribution in [0.15, 0.2) is 54.6 Å². The maximum Gasteiger partial charge on any atom is 0.412 e. The summed E-state index contributed by atoms with van der Waals surface area (Å²) >= 11 is 0. The molecule has 0 amide bonds. The largest absolute Gasteiger partial charge is 0.412 e. The number of hydrogen-bond acceptors (Lipinski definition) is 0. The molecular formula is C26H30F4. The number of benzene rings is 2. The average molecular weight is 419 g/mol. The highest BCUT2D eigenvalue weighted by Gasteiger charge is 2.25. The van der Waals surface area contributed by atoms with E-state index in [4.69, 9.17) is 0 Å². The normalized spacial score (nSPS) is 20.4. The molecule has 0 spiro atoms. The van der Waals surface area contributed by atoms with Crippen LogP contribution in [0.5, 0.6) is 0 Å². The number of aryl methyl sites for hydroxylation is 2. The number of rotatable bonds is 7. The molecule has 1 aliphatic rings. The SMILES string of the molecule is CCCC1CCC(c2ccc(CCc3ccc(C(F)=CC(F)(F)F)cc3)cc2)CC1. The molecule has 0 saturated heterocycles. The first-order valence-corrected chi connectivity index (χ1v) is 11.0. The molecule has 2 aromatic carbocycles. The van der Waals surface area contributed by atoms with Gasteiger partial charge in [0.05, 0.1) is 6.08 Å². The second kappa shape index (κ2) is 10.3. The van der Waals surface area contributed by atoms with Gasteiger partial charge in [-0.15, -0.1) is 0 Å². The van der Waals surface area contributed by atoms with E-state index < -0.39 is 12.0 Å². The third-order valence-corrected chi connectivity index (χ3v) is 6.22. The van der Waals surface area contributed by atoms with Crippen molar-refractivity contribution in [2.45, 2.75) is 70.4 Å². The van der Waals surface area contributed by atoms with Crippen LogP contribution in [0.3, 0.4) is 0 Å². The Morgan fingerprint density at radius 3 is 1.90 bits per heavy atom. The fourth-order valence-electron chi connectivity index (χ4n) is 4.50. The van der Waals surface area contributed by atoms with Crippen LogP contribution >= 0.6 is 0 Å². The Morgan fingerprint density at radius 1 is 0.867 bits per heavy atom. The molecular weight excluding hydrogens is 388 g/mol. The van der Waals surface area contributed by atoms with Gasteiger partial charge in [0.15, 0.2) is 0 Å². The summed E-state index contributed by atoms with van der Waals surface area (Å²) in [5, 5.41) is 0. The Bertz CT molecular complexity index is 808. The van der Waals surface area contributed by atoms with Crippen molar-refractivity contribution in [3.63, 3.8) is 0 Å². The summed E-state index contributed by atoms with van der Waals surface area (Å²) < 4.78 is 50.4. The van der Waals surface area contributed by atoms with Gasteiger partial charge in [0.1, 0.15) is 5.83 Å². The minimum atomic E-state index is -4.65. The predicted octanol–water partition coefficient (Wildman–Crippen LogP) is 8.42. The first kappa shape index (κ1) is 22.6. The number of halogens is 4. The van der Waals surface area contributed by atoms with Crippen LogP contribution in [0, 0.1) is 5.92 Å². The van der Waals surface area contributed by atoms with Gasteiger partial charge >= 0.3 is 6.18 Å². The van der Waals surface area contributed by atoms with Crippen molar-refractivity contribution in [3.05, 3.63) is 76.9 Å². The van der Waals surface area contributed by atoms with Crippen molar-refractivity contribution in [1.29, 1.82) is 0 Å². The third kappa shape index (κ3) is 6.72. The minimum Gasteiger partial charge on any atom is -0.206 e.